The van der Waals surface area contributed by atoms with Crippen molar-refractivity contribution in [3.05, 3.63) is 28.2 Å². The van der Waals surface area contributed by atoms with E-state index >= 15 is 0 Å². The van der Waals surface area contributed by atoms with Gasteiger partial charge in [0.2, 0.25) is 0 Å². The second-order valence-electron chi connectivity index (χ2n) is 5.97. The maximum absolute atomic E-state index is 13.8. The molecule has 0 unspecified atom stereocenters. The largest absolute Gasteiger partial charge is 0.444 e. The molecule has 0 bridgehead atoms. The molecule has 0 spiro atoms. The molecule has 0 saturated carbocycles. The minimum atomic E-state index is -0.561. The lowest BCUT2D eigenvalue weighted by Gasteiger charge is -2.41. The van der Waals surface area contributed by atoms with E-state index < -0.39 is 23.3 Å². The standard InChI is InChI=1S/C14H17BrF2N2O2/c1-14(2,3)21-13(20)18-8-6-19(7-8)12-5-10(16)9(15)4-11(12)17/h4-5,8H,6-7H2,1-3H3,(H,18,20). The van der Waals surface area contributed by atoms with Gasteiger partial charge in [-0.25, -0.2) is 13.6 Å². The van der Waals surface area contributed by atoms with E-state index in [-0.39, 0.29) is 16.2 Å². The van der Waals surface area contributed by atoms with Gasteiger partial charge in [-0.05, 0) is 42.8 Å². The van der Waals surface area contributed by atoms with Gasteiger partial charge in [-0.2, -0.15) is 0 Å². The highest BCUT2D eigenvalue weighted by atomic mass is 79.9. The summed E-state index contributed by atoms with van der Waals surface area (Å²) in [5, 5.41) is 2.69. The van der Waals surface area contributed by atoms with Gasteiger partial charge in [0.25, 0.3) is 0 Å². The smallest absolute Gasteiger partial charge is 0.407 e. The molecule has 4 nitrogen and oxygen atoms in total. The molecule has 0 aromatic heterocycles. The molecule has 2 rings (SSSR count). The highest BCUT2D eigenvalue weighted by molar-refractivity contribution is 9.10. The zero-order chi connectivity index (χ0) is 15.8. The number of amides is 1. The van der Waals surface area contributed by atoms with Crippen LogP contribution in [0.15, 0.2) is 16.6 Å². The Morgan fingerprint density at radius 1 is 1.33 bits per heavy atom. The molecule has 1 aliphatic rings. The number of rotatable bonds is 2. The van der Waals surface area contributed by atoms with E-state index in [0.717, 1.165) is 12.1 Å². The molecule has 21 heavy (non-hydrogen) atoms. The maximum atomic E-state index is 13.8. The van der Waals surface area contributed by atoms with E-state index in [1.54, 1.807) is 25.7 Å². The number of nitrogens with zero attached hydrogens (tertiary/aromatic N) is 1. The summed E-state index contributed by atoms with van der Waals surface area (Å²) in [5.74, 6) is -1.02. The number of hydrogen-bond donors (Lipinski definition) is 1. The van der Waals surface area contributed by atoms with Crippen molar-refractivity contribution in [3.63, 3.8) is 0 Å². The summed E-state index contributed by atoms with van der Waals surface area (Å²) in [4.78, 5) is 13.2. The second-order valence-corrected chi connectivity index (χ2v) is 6.82. The van der Waals surface area contributed by atoms with Crippen molar-refractivity contribution in [3.8, 4) is 0 Å². The quantitative estimate of drug-likeness (QED) is 0.819. The van der Waals surface area contributed by atoms with Crippen LogP contribution in [0.25, 0.3) is 0 Å². The molecule has 1 aromatic rings. The van der Waals surface area contributed by atoms with Crippen molar-refractivity contribution in [1.82, 2.24) is 5.32 Å². The lowest BCUT2D eigenvalue weighted by molar-refractivity contribution is 0.0496. The maximum Gasteiger partial charge on any atom is 0.407 e. The second kappa shape index (κ2) is 5.79. The number of halogens is 3. The Morgan fingerprint density at radius 2 is 1.95 bits per heavy atom. The number of anilines is 1. The predicted molar refractivity (Wildman–Crippen MR) is 79.4 cm³/mol. The van der Waals surface area contributed by atoms with Crippen molar-refractivity contribution in [2.24, 2.45) is 0 Å². The number of carbonyl (C=O) groups is 1. The molecular formula is C14H17BrF2N2O2. The van der Waals surface area contributed by atoms with Crippen LogP contribution < -0.4 is 10.2 Å². The van der Waals surface area contributed by atoms with Crippen LogP contribution in [0.3, 0.4) is 0 Å². The van der Waals surface area contributed by atoms with Gasteiger partial charge >= 0.3 is 6.09 Å². The molecular weight excluding hydrogens is 346 g/mol. The van der Waals surface area contributed by atoms with E-state index in [0.29, 0.717) is 13.1 Å². The van der Waals surface area contributed by atoms with Crippen LogP contribution in [0.5, 0.6) is 0 Å². The molecule has 0 aliphatic carbocycles. The number of alkyl carbamates (subject to hydrolysis) is 1. The summed E-state index contributed by atoms with van der Waals surface area (Å²) in [6.07, 6.45) is -0.505. The molecule has 1 saturated heterocycles. The molecule has 1 fully saturated rings. The number of nitrogens with one attached hydrogen (secondary N) is 1. The average Bonchev–Trinajstić information content (AvgIpc) is 2.26. The first kappa shape index (κ1) is 16.0. The minimum Gasteiger partial charge on any atom is -0.444 e. The van der Waals surface area contributed by atoms with Crippen molar-refractivity contribution in [2.75, 3.05) is 18.0 Å². The fourth-order valence-corrected chi connectivity index (χ4v) is 2.31. The van der Waals surface area contributed by atoms with Gasteiger partial charge < -0.3 is 15.0 Å². The van der Waals surface area contributed by atoms with Gasteiger partial charge in [0, 0.05) is 19.2 Å². The average molecular weight is 363 g/mol. The highest BCUT2D eigenvalue weighted by Crippen LogP contribution is 2.29. The Morgan fingerprint density at radius 3 is 2.52 bits per heavy atom. The Labute approximate surface area is 130 Å². The summed E-state index contributed by atoms with van der Waals surface area (Å²) in [5.41, 5.74) is -0.369. The zero-order valence-electron chi connectivity index (χ0n) is 12.0. The lowest BCUT2D eigenvalue weighted by Crippen LogP contribution is -2.60. The molecule has 0 atom stereocenters. The Bertz CT molecular complexity index is 555. The number of hydrogen-bond acceptors (Lipinski definition) is 3. The van der Waals surface area contributed by atoms with Gasteiger partial charge in [0.05, 0.1) is 16.2 Å². The molecule has 1 aliphatic heterocycles. The van der Waals surface area contributed by atoms with Crippen molar-refractivity contribution < 1.29 is 18.3 Å². The lowest BCUT2D eigenvalue weighted by atomic mass is 10.1. The van der Waals surface area contributed by atoms with E-state index in [1.165, 1.54) is 0 Å². The molecule has 1 aromatic carbocycles. The van der Waals surface area contributed by atoms with Crippen LogP contribution >= 0.6 is 15.9 Å². The monoisotopic (exact) mass is 362 g/mol. The first-order valence-corrected chi connectivity index (χ1v) is 7.34. The number of ether oxygens (including phenoxy) is 1. The minimum absolute atomic E-state index is 0.0905. The fraction of sp³-hybridized carbons (Fsp3) is 0.500. The topological polar surface area (TPSA) is 41.6 Å². The first-order valence-electron chi connectivity index (χ1n) is 6.55. The van der Waals surface area contributed by atoms with Crippen molar-refractivity contribution >= 4 is 27.7 Å². The molecule has 1 heterocycles. The van der Waals surface area contributed by atoms with Gasteiger partial charge in [-0.15, -0.1) is 0 Å². The summed E-state index contributed by atoms with van der Waals surface area (Å²) < 4.78 is 32.4. The third-order valence-electron chi connectivity index (χ3n) is 2.93. The number of benzene rings is 1. The van der Waals surface area contributed by atoms with E-state index in [9.17, 15) is 13.6 Å². The Kier molecular flexibility index (Phi) is 4.41. The molecule has 7 heteroatoms. The van der Waals surface area contributed by atoms with Crippen LogP contribution in [0.4, 0.5) is 19.3 Å². The van der Waals surface area contributed by atoms with Gasteiger partial charge in [0.1, 0.15) is 17.2 Å². The third-order valence-corrected chi connectivity index (χ3v) is 3.54. The normalized spacial score (nSPS) is 15.6. The van der Waals surface area contributed by atoms with E-state index in [2.05, 4.69) is 21.2 Å². The van der Waals surface area contributed by atoms with Crippen LogP contribution in [0.2, 0.25) is 0 Å². The van der Waals surface area contributed by atoms with E-state index in [1.807, 2.05) is 0 Å². The summed E-state index contributed by atoms with van der Waals surface area (Å²) >= 11 is 2.93. The van der Waals surface area contributed by atoms with Crippen LogP contribution in [-0.4, -0.2) is 30.8 Å². The van der Waals surface area contributed by atoms with E-state index in [4.69, 9.17) is 4.74 Å². The first-order chi connectivity index (χ1) is 9.65. The van der Waals surface area contributed by atoms with Crippen molar-refractivity contribution in [2.45, 2.75) is 32.4 Å². The predicted octanol–water partition coefficient (Wildman–Crippen LogP) is 3.44. The van der Waals surface area contributed by atoms with Gasteiger partial charge in [-0.3, -0.25) is 0 Å². The highest BCUT2D eigenvalue weighted by Gasteiger charge is 2.31. The molecule has 1 amide bonds. The Hall–Kier alpha value is -1.37. The SMILES string of the molecule is CC(C)(C)OC(=O)NC1CN(c2cc(F)c(Br)cc2F)C1. The zero-order valence-corrected chi connectivity index (χ0v) is 13.6. The van der Waals surface area contributed by atoms with Crippen molar-refractivity contribution in [1.29, 1.82) is 0 Å². The van der Waals surface area contributed by atoms with Crippen LogP contribution in [-0.2, 0) is 4.74 Å². The molecule has 116 valence electrons. The summed E-state index contributed by atoms with van der Waals surface area (Å²) in [7, 11) is 0. The number of carbonyl (C=O) groups excluding carboxylic acids is 1. The fourth-order valence-electron chi connectivity index (χ4n) is 2.00. The third kappa shape index (κ3) is 4.06. The van der Waals surface area contributed by atoms with Crippen LogP contribution in [0.1, 0.15) is 20.8 Å². The molecule has 0 radical (unpaired) electrons. The summed E-state index contributed by atoms with van der Waals surface area (Å²) in [6, 6.07) is 2.11. The van der Waals surface area contributed by atoms with Crippen LogP contribution in [0, 0.1) is 11.6 Å². The molecule has 1 N–H and O–H groups in total. The Balaban J connectivity index is 1.90. The van der Waals surface area contributed by atoms with Gasteiger partial charge in [-0.1, -0.05) is 0 Å². The van der Waals surface area contributed by atoms with Gasteiger partial charge in [0.15, 0.2) is 0 Å². The summed E-state index contributed by atoms with van der Waals surface area (Å²) in [6.45, 7) is 6.16.